The van der Waals surface area contributed by atoms with Crippen LogP contribution in [0.15, 0.2) is 94.0 Å². The minimum Gasteiger partial charge on any atom is -0.508 e. The Balaban J connectivity index is 1.39. The largest absolute Gasteiger partial charge is 0.508 e. The molecule has 0 radical (unpaired) electrons. The SMILES string of the molecule is CC(=O)c1ccc(N2C(=O)C3CC=C4C(c5c(O)ccc6ccccc56)C5=C(CC4C3C2=O)C(=O)C(Br)=CC5=O)cc1. The molecular weight excluding hydrogens is 598 g/mol. The van der Waals surface area contributed by atoms with Crippen molar-refractivity contribution in [1.82, 2.24) is 0 Å². The van der Waals surface area contributed by atoms with Crippen LogP contribution < -0.4 is 4.90 Å². The number of carbonyl (C=O) groups is 5. The molecule has 4 atom stereocenters. The summed E-state index contributed by atoms with van der Waals surface area (Å²) in [6.07, 6.45) is 3.63. The molecule has 1 saturated heterocycles. The van der Waals surface area contributed by atoms with Gasteiger partial charge in [-0.15, -0.1) is 0 Å². The van der Waals surface area contributed by atoms with Gasteiger partial charge in [-0.3, -0.25) is 28.9 Å². The third-order valence-electron chi connectivity index (χ3n) is 9.10. The summed E-state index contributed by atoms with van der Waals surface area (Å²) in [6.45, 7) is 1.45. The van der Waals surface area contributed by atoms with Crippen LogP contribution >= 0.6 is 15.9 Å². The summed E-state index contributed by atoms with van der Waals surface area (Å²) < 4.78 is 0.146. The van der Waals surface area contributed by atoms with Crippen molar-refractivity contribution < 1.29 is 29.1 Å². The number of hydrogen-bond acceptors (Lipinski definition) is 6. The van der Waals surface area contributed by atoms with E-state index in [-0.39, 0.29) is 52.2 Å². The Labute approximate surface area is 249 Å². The standard InChI is InChI=1S/C34H24BrNO6/c1-16(37)17-6-9-19(10-7-17)36-33(41)22-12-11-21-23(28(22)34(36)42)14-24-30(27(39)15-25(35)32(24)40)31(21)29-20-5-3-2-4-18(20)8-13-26(29)38/h2-11,13,15,22-23,28,31,38H,12,14H2,1H3. The second-order valence-corrected chi connectivity index (χ2v) is 12.1. The number of benzene rings is 3. The molecule has 7 rings (SSSR count). The van der Waals surface area contributed by atoms with Crippen molar-refractivity contribution in [2.45, 2.75) is 25.7 Å². The van der Waals surface area contributed by atoms with Crippen molar-refractivity contribution >= 4 is 61.6 Å². The van der Waals surface area contributed by atoms with Gasteiger partial charge in [-0.2, -0.15) is 0 Å². The zero-order chi connectivity index (χ0) is 29.4. The molecule has 0 spiro atoms. The first kappa shape index (κ1) is 26.5. The number of nitrogens with zero attached hydrogens (tertiary/aromatic N) is 1. The molecule has 0 bridgehead atoms. The number of hydrogen-bond donors (Lipinski definition) is 1. The van der Waals surface area contributed by atoms with E-state index in [1.807, 2.05) is 30.3 Å². The Morgan fingerprint density at radius 2 is 1.67 bits per heavy atom. The summed E-state index contributed by atoms with van der Waals surface area (Å²) in [5.41, 5.74) is 2.76. The van der Waals surface area contributed by atoms with Gasteiger partial charge in [0.1, 0.15) is 5.75 Å². The Bertz CT molecular complexity index is 1880. The number of phenolic OH excluding ortho intramolecular Hbond substituents is 1. The summed E-state index contributed by atoms with van der Waals surface area (Å²) in [4.78, 5) is 67.8. The third-order valence-corrected chi connectivity index (χ3v) is 9.69. The van der Waals surface area contributed by atoms with Crippen LogP contribution in [-0.4, -0.2) is 34.3 Å². The molecule has 4 unspecified atom stereocenters. The number of rotatable bonds is 3. The highest BCUT2D eigenvalue weighted by Crippen LogP contribution is 2.57. The second-order valence-electron chi connectivity index (χ2n) is 11.2. The highest BCUT2D eigenvalue weighted by Gasteiger charge is 2.57. The van der Waals surface area contributed by atoms with Gasteiger partial charge in [-0.25, -0.2) is 0 Å². The van der Waals surface area contributed by atoms with Crippen molar-refractivity contribution in [2.75, 3.05) is 4.90 Å². The zero-order valence-corrected chi connectivity index (χ0v) is 24.1. The average Bonchev–Trinajstić information content (AvgIpc) is 3.24. The Morgan fingerprint density at radius 3 is 2.40 bits per heavy atom. The average molecular weight is 622 g/mol. The number of amides is 2. The molecule has 3 aliphatic carbocycles. The molecular formula is C34H24BrNO6. The quantitative estimate of drug-likeness (QED) is 0.174. The first-order valence-electron chi connectivity index (χ1n) is 13.8. The van der Waals surface area contributed by atoms with E-state index in [1.54, 1.807) is 36.4 Å². The number of fused-ring (bicyclic) bond motifs is 4. The minimum atomic E-state index is -0.758. The normalized spacial score (nSPS) is 25.2. The van der Waals surface area contributed by atoms with Gasteiger partial charge in [0.25, 0.3) is 0 Å². The van der Waals surface area contributed by atoms with E-state index < -0.39 is 23.7 Å². The molecule has 3 aromatic rings. The lowest BCUT2D eigenvalue weighted by molar-refractivity contribution is -0.123. The second kappa shape index (κ2) is 9.56. The number of carbonyl (C=O) groups excluding carboxylic acids is 5. The Kier molecular flexibility index (Phi) is 6.02. The van der Waals surface area contributed by atoms with Crippen molar-refractivity contribution in [3.63, 3.8) is 0 Å². The first-order chi connectivity index (χ1) is 20.2. The number of halogens is 1. The van der Waals surface area contributed by atoms with E-state index in [1.165, 1.54) is 17.9 Å². The zero-order valence-electron chi connectivity index (χ0n) is 22.5. The van der Waals surface area contributed by atoms with E-state index in [0.717, 1.165) is 16.3 Å². The first-order valence-corrected chi connectivity index (χ1v) is 14.5. The molecule has 2 amide bonds. The number of imide groups is 1. The molecule has 1 aliphatic heterocycles. The molecule has 42 heavy (non-hydrogen) atoms. The van der Waals surface area contributed by atoms with Crippen molar-refractivity contribution in [1.29, 1.82) is 0 Å². The predicted molar refractivity (Wildman–Crippen MR) is 159 cm³/mol. The summed E-state index contributed by atoms with van der Waals surface area (Å²) >= 11 is 3.25. The molecule has 1 heterocycles. The van der Waals surface area contributed by atoms with E-state index in [4.69, 9.17) is 0 Å². The molecule has 0 aromatic heterocycles. The fourth-order valence-electron chi connectivity index (χ4n) is 7.23. The van der Waals surface area contributed by atoms with Crippen LogP contribution in [0.5, 0.6) is 5.75 Å². The van der Waals surface area contributed by atoms with Crippen LogP contribution in [0.3, 0.4) is 0 Å². The van der Waals surface area contributed by atoms with Crippen LogP contribution in [0.1, 0.15) is 41.6 Å². The summed E-state index contributed by atoms with van der Waals surface area (Å²) in [5.74, 6) is -4.14. The summed E-state index contributed by atoms with van der Waals surface area (Å²) in [7, 11) is 0. The van der Waals surface area contributed by atoms with Gasteiger partial charge in [0.15, 0.2) is 17.3 Å². The Morgan fingerprint density at radius 1 is 0.929 bits per heavy atom. The van der Waals surface area contributed by atoms with Crippen molar-refractivity contribution in [3.8, 4) is 5.75 Å². The van der Waals surface area contributed by atoms with Gasteiger partial charge in [-0.05, 0) is 82.7 Å². The van der Waals surface area contributed by atoms with Gasteiger partial charge >= 0.3 is 0 Å². The number of aromatic hydroxyl groups is 1. The van der Waals surface area contributed by atoms with Gasteiger partial charge < -0.3 is 5.11 Å². The smallest absolute Gasteiger partial charge is 0.238 e. The lowest BCUT2D eigenvalue weighted by Crippen LogP contribution is -2.39. The maximum absolute atomic E-state index is 14.1. The number of anilines is 1. The lowest BCUT2D eigenvalue weighted by atomic mass is 9.59. The van der Waals surface area contributed by atoms with Gasteiger partial charge in [0, 0.05) is 34.3 Å². The lowest BCUT2D eigenvalue weighted by Gasteiger charge is -2.42. The van der Waals surface area contributed by atoms with Crippen LogP contribution in [0, 0.1) is 17.8 Å². The van der Waals surface area contributed by atoms with E-state index in [9.17, 15) is 29.1 Å². The van der Waals surface area contributed by atoms with Gasteiger partial charge in [0.2, 0.25) is 11.8 Å². The van der Waals surface area contributed by atoms with Crippen LogP contribution in [0.25, 0.3) is 10.8 Å². The number of Topliss-reactive ketones (excluding diaryl/α,β-unsaturated/α-hetero) is 2. The monoisotopic (exact) mass is 621 g/mol. The predicted octanol–water partition coefficient (Wildman–Crippen LogP) is 5.71. The summed E-state index contributed by atoms with van der Waals surface area (Å²) in [6, 6.07) is 17.3. The van der Waals surface area contributed by atoms with E-state index in [2.05, 4.69) is 15.9 Å². The molecule has 1 fully saturated rings. The molecule has 1 N–H and O–H groups in total. The molecule has 208 valence electrons. The van der Waals surface area contributed by atoms with Crippen molar-refractivity contribution in [2.24, 2.45) is 17.8 Å². The fraction of sp³-hybridized carbons (Fsp3) is 0.206. The maximum Gasteiger partial charge on any atom is 0.238 e. The third kappa shape index (κ3) is 3.74. The fourth-order valence-corrected chi connectivity index (χ4v) is 7.67. The van der Waals surface area contributed by atoms with Crippen molar-refractivity contribution in [3.05, 3.63) is 105 Å². The highest BCUT2D eigenvalue weighted by atomic mass is 79.9. The van der Waals surface area contributed by atoms with E-state index >= 15 is 0 Å². The highest BCUT2D eigenvalue weighted by molar-refractivity contribution is 9.12. The molecule has 4 aliphatic rings. The van der Waals surface area contributed by atoms with Crippen LogP contribution in [-0.2, 0) is 19.2 Å². The minimum absolute atomic E-state index is 0.0101. The molecule has 7 nitrogen and oxygen atoms in total. The number of ketones is 3. The van der Waals surface area contributed by atoms with Gasteiger partial charge in [0.05, 0.1) is 22.0 Å². The number of phenols is 1. The van der Waals surface area contributed by atoms with Crippen LogP contribution in [0.2, 0.25) is 0 Å². The van der Waals surface area contributed by atoms with Gasteiger partial charge in [-0.1, -0.05) is 42.0 Å². The topological polar surface area (TPSA) is 109 Å². The molecule has 0 saturated carbocycles. The molecule has 8 heteroatoms. The van der Waals surface area contributed by atoms with Crippen LogP contribution in [0.4, 0.5) is 5.69 Å². The maximum atomic E-state index is 14.1. The summed E-state index contributed by atoms with van der Waals surface area (Å²) in [5, 5.41) is 12.9. The Hall–Kier alpha value is -4.43. The van der Waals surface area contributed by atoms with E-state index in [0.29, 0.717) is 28.0 Å². The molecule has 3 aromatic carbocycles. The number of allylic oxidation sites excluding steroid dienone is 6.